The molecule has 1 atom stereocenters. The monoisotopic (exact) mass is 421 g/mol. The van der Waals surface area contributed by atoms with Crippen LogP contribution in [0.1, 0.15) is 69.7 Å². The quantitative estimate of drug-likeness (QED) is 0.762. The predicted octanol–water partition coefficient (Wildman–Crippen LogP) is 3.63. The molecular formula is C22H35N3O3S. The van der Waals surface area contributed by atoms with Gasteiger partial charge in [0.15, 0.2) is 0 Å². The molecule has 29 heavy (non-hydrogen) atoms. The van der Waals surface area contributed by atoms with Gasteiger partial charge in [0.1, 0.15) is 4.90 Å². The molecule has 2 saturated heterocycles. The zero-order chi connectivity index (χ0) is 21.0. The minimum atomic E-state index is -3.63. The van der Waals surface area contributed by atoms with Crippen molar-refractivity contribution in [2.45, 2.75) is 70.2 Å². The predicted molar refractivity (Wildman–Crippen MR) is 117 cm³/mol. The zero-order valence-electron chi connectivity index (χ0n) is 18.0. The van der Waals surface area contributed by atoms with Gasteiger partial charge in [-0.1, -0.05) is 20.3 Å². The molecule has 2 heterocycles. The van der Waals surface area contributed by atoms with Crippen LogP contribution in [0.4, 0.5) is 5.69 Å². The average Bonchev–Trinajstić information content (AvgIpc) is 2.74. The van der Waals surface area contributed by atoms with Crippen LogP contribution in [-0.4, -0.2) is 50.9 Å². The van der Waals surface area contributed by atoms with E-state index in [9.17, 15) is 13.2 Å². The lowest BCUT2D eigenvalue weighted by atomic mass is 10.1. The largest absolute Gasteiger partial charge is 0.370 e. The molecule has 2 aliphatic rings. The van der Waals surface area contributed by atoms with Gasteiger partial charge < -0.3 is 10.2 Å². The molecule has 7 heteroatoms. The number of amides is 1. The van der Waals surface area contributed by atoms with Gasteiger partial charge in [0, 0.05) is 37.8 Å². The fraction of sp³-hybridized carbons (Fsp3) is 0.682. The van der Waals surface area contributed by atoms with Crippen molar-refractivity contribution >= 4 is 21.6 Å². The Hall–Kier alpha value is -1.60. The normalized spacial score (nSPS) is 19.9. The Kier molecular flexibility index (Phi) is 7.22. The first-order valence-electron chi connectivity index (χ1n) is 11.0. The van der Waals surface area contributed by atoms with Crippen molar-refractivity contribution in [2.75, 3.05) is 31.1 Å². The third-order valence-electron chi connectivity index (χ3n) is 6.21. The number of hydrogen-bond donors (Lipinski definition) is 1. The van der Waals surface area contributed by atoms with Crippen LogP contribution in [0.25, 0.3) is 0 Å². The number of nitrogens with one attached hydrogen (secondary N) is 1. The number of nitrogens with zero attached hydrogens (tertiary/aromatic N) is 2. The van der Waals surface area contributed by atoms with Gasteiger partial charge in [-0.05, 0) is 63.1 Å². The first-order valence-corrected chi connectivity index (χ1v) is 12.4. The molecule has 1 unspecified atom stereocenters. The molecule has 2 fully saturated rings. The maximum atomic E-state index is 13.5. The van der Waals surface area contributed by atoms with Crippen molar-refractivity contribution < 1.29 is 13.2 Å². The highest BCUT2D eigenvalue weighted by Gasteiger charge is 2.31. The van der Waals surface area contributed by atoms with Gasteiger partial charge in [-0.25, -0.2) is 8.42 Å². The first-order chi connectivity index (χ1) is 13.8. The summed E-state index contributed by atoms with van der Waals surface area (Å²) in [5, 5.41) is 2.99. The molecule has 0 aromatic heterocycles. The van der Waals surface area contributed by atoms with Gasteiger partial charge in [-0.15, -0.1) is 0 Å². The number of carbonyl (C=O) groups is 1. The smallest absolute Gasteiger partial charge is 0.251 e. The number of benzene rings is 1. The summed E-state index contributed by atoms with van der Waals surface area (Å²) in [7, 11) is -3.63. The van der Waals surface area contributed by atoms with E-state index in [2.05, 4.69) is 24.1 Å². The van der Waals surface area contributed by atoms with Crippen LogP contribution in [-0.2, 0) is 10.0 Å². The van der Waals surface area contributed by atoms with Crippen LogP contribution >= 0.6 is 0 Å². The summed E-state index contributed by atoms with van der Waals surface area (Å²) in [5.41, 5.74) is 1.15. The standard InChI is InChI=1S/C22H35N3O3S/c1-17(2)18(3)23-22(26)19-10-11-20(24-12-6-4-7-13-24)21(16-19)29(27,28)25-14-8-5-9-15-25/h10-11,16-18H,4-9,12-15H2,1-3H3,(H,23,26). The lowest BCUT2D eigenvalue weighted by molar-refractivity contribution is 0.0930. The van der Waals surface area contributed by atoms with E-state index in [1.165, 1.54) is 6.42 Å². The van der Waals surface area contributed by atoms with Crippen LogP contribution < -0.4 is 10.2 Å². The van der Waals surface area contributed by atoms with Crippen molar-refractivity contribution in [3.8, 4) is 0 Å². The fourth-order valence-corrected chi connectivity index (χ4v) is 5.71. The van der Waals surface area contributed by atoms with Crippen molar-refractivity contribution in [2.24, 2.45) is 5.92 Å². The van der Waals surface area contributed by atoms with E-state index in [1.54, 1.807) is 16.4 Å². The van der Waals surface area contributed by atoms with Crippen LogP contribution in [0.3, 0.4) is 0 Å². The summed E-state index contributed by atoms with van der Waals surface area (Å²) in [5.74, 6) is 0.0922. The minimum Gasteiger partial charge on any atom is -0.370 e. The fourth-order valence-electron chi connectivity index (χ4n) is 3.96. The Morgan fingerprint density at radius 1 is 0.931 bits per heavy atom. The third-order valence-corrected chi connectivity index (χ3v) is 8.14. The second-order valence-electron chi connectivity index (χ2n) is 8.70. The number of carbonyl (C=O) groups excluding carboxylic acids is 1. The average molecular weight is 422 g/mol. The number of hydrogen-bond acceptors (Lipinski definition) is 4. The Morgan fingerprint density at radius 2 is 1.52 bits per heavy atom. The van der Waals surface area contributed by atoms with E-state index in [1.807, 2.05) is 13.0 Å². The van der Waals surface area contributed by atoms with Gasteiger partial charge in [0.2, 0.25) is 10.0 Å². The Labute approximate surface area is 175 Å². The van der Waals surface area contributed by atoms with Gasteiger partial charge in [-0.2, -0.15) is 4.31 Å². The van der Waals surface area contributed by atoms with Crippen molar-refractivity contribution in [1.82, 2.24) is 9.62 Å². The van der Waals surface area contributed by atoms with Crippen LogP contribution in [0, 0.1) is 5.92 Å². The number of rotatable bonds is 6. The molecule has 1 aromatic carbocycles. The molecular weight excluding hydrogens is 386 g/mol. The van der Waals surface area contributed by atoms with Gasteiger partial charge >= 0.3 is 0 Å². The van der Waals surface area contributed by atoms with Crippen LogP contribution in [0.15, 0.2) is 23.1 Å². The van der Waals surface area contributed by atoms with E-state index < -0.39 is 10.0 Å². The molecule has 0 saturated carbocycles. The van der Waals surface area contributed by atoms with E-state index >= 15 is 0 Å². The van der Waals surface area contributed by atoms with Gasteiger partial charge in [0.05, 0.1) is 5.69 Å². The highest BCUT2D eigenvalue weighted by molar-refractivity contribution is 7.89. The van der Waals surface area contributed by atoms with Crippen LogP contribution in [0.5, 0.6) is 0 Å². The molecule has 1 amide bonds. The molecule has 2 aliphatic heterocycles. The summed E-state index contributed by atoms with van der Waals surface area (Å²) in [6, 6.07) is 5.21. The summed E-state index contributed by atoms with van der Waals surface area (Å²) in [6.45, 7) is 8.91. The Balaban J connectivity index is 1.98. The van der Waals surface area contributed by atoms with Crippen molar-refractivity contribution in [3.63, 3.8) is 0 Å². The van der Waals surface area contributed by atoms with Gasteiger partial charge in [0.25, 0.3) is 5.91 Å². The van der Waals surface area contributed by atoms with E-state index in [0.717, 1.165) is 50.9 Å². The second-order valence-corrected chi connectivity index (χ2v) is 10.6. The summed E-state index contributed by atoms with van der Waals surface area (Å²) in [6.07, 6.45) is 6.17. The molecule has 0 radical (unpaired) electrons. The molecule has 0 bridgehead atoms. The molecule has 1 N–H and O–H groups in total. The Morgan fingerprint density at radius 3 is 2.10 bits per heavy atom. The van der Waals surface area contributed by atoms with E-state index in [4.69, 9.17) is 0 Å². The minimum absolute atomic E-state index is 0.0198. The molecule has 162 valence electrons. The number of sulfonamides is 1. The third kappa shape index (κ3) is 5.12. The van der Waals surface area contributed by atoms with E-state index in [0.29, 0.717) is 24.6 Å². The Bertz CT molecular complexity index is 811. The second kappa shape index (κ2) is 9.47. The first kappa shape index (κ1) is 22.1. The number of anilines is 1. The highest BCUT2D eigenvalue weighted by atomic mass is 32.2. The van der Waals surface area contributed by atoms with Crippen molar-refractivity contribution in [3.05, 3.63) is 23.8 Å². The summed E-state index contributed by atoms with van der Waals surface area (Å²) in [4.78, 5) is 15.2. The molecule has 0 aliphatic carbocycles. The van der Waals surface area contributed by atoms with E-state index in [-0.39, 0.29) is 16.8 Å². The SMILES string of the molecule is CC(C)C(C)NC(=O)c1ccc(N2CCCCC2)c(S(=O)(=O)N2CCCCC2)c1. The maximum absolute atomic E-state index is 13.5. The lowest BCUT2D eigenvalue weighted by Crippen LogP contribution is -2.38. The molecule has 6 nitrogen and oxygen atoms in total. The van der Waals surface area contributed by atoms with Gasteiger partial charge in [-0.3, -0.25) is 4.79 Å². The van der Waals surface area contributed by atoms with Crippen LogP contribution in [0.2, 0.25) is 0 Å². The molecule has 1 aromatic rings. The van der Waals surface area contributed by atoms with Crippen molar-refractivity contribution in [1.29, 1.82) is 0 Å². The lowest BCUT2D eigenvalue weighted by Gasteiger charge is -2.33. The number of piperidine rings is 2. The summed E-state index contributed by atoms with van der Waals surface area (Å²) >= 11 is 0. The molecule has 3 rings (SSSR count). The topological polar surface area (TPSA) is 69.7 Å². The maximum Gasteiger partial charge on any atom is 0.251 e. The highest BCUT2D eigenvalue weighted by Crippen LogP contribution is 2.32. The molecule has 0 spiro atoms. The zero-order valence-corrected chi connectivity index (χ0v) is 18.8. The summed E-state index contributed by atoms with van der Waals surface area (Å²) < 4.78 is 28.6.